The molecule has 0 amide bonds. The zero-order valence-electron chi connectivity index (χ0n) is 30.2. The summed E-state index contributed by atoms with van der Waals surface area (Å²) in [5.74, 6) is 2.08. The van der Waals surface area contributed by atoms with E-state index in [1.165, 1.54) is 5.57 Å². The molecule has 50 heavy (non-hydrogen) atoms. The van der Waals surface area contributed by atoms with Gasteiger partial charge in [0.2, 0.25) is 0 Å². The molecule has 4 heterocycles. The molecular formula is C38H60O12. The van der Waals surface area contributed by atoms with Crippen molar-refractivity contribution in [3.8, 4) is 0 Å². The number of allylic oxidation sites excluding steroid dienone is 1. The highest BCUT2D eigenvalue weighted by Gasteiger charge is 2.69. The molecule has 8 rings (SSSR count). The summed E-state index contributed by atoms with van der Waals surface area (Å²) in [5, 5.41) is 64.1. The summed E-state index contributed by atoms with van der Waals surface area (Å²) in [6, 6.07) is 0. The van der Waals surface area contributed by atoms with Gasteiger partial charge in [0.05, 0.1) is 37.6 Å². The van der Waals surface area contributed by atoms with E-state index in [0.717, 1.165) is 45.1 Å². The van der Waals surface area contributed by atoms with Crippen LogP contribution in [0.4, 0.5) is 0 Å². The minimum atomic E-state index is -1.60. The first-order chi connectivity index (χ1) is 23.7. The van der Waals surface area contributed by atoms with Crippen molar-refractivity contribution in [2.75, 3.05) is 13.2 Å². The number of rotatable bonds is 4. The highest BCUT2D eigenvalue weighted by atomic mass is 16.8. The maximum absolute atomic E-state index is 11.1. The zero-order valence-corrected chi connectivity index (χ0v) is 30.2. The molecule has 21 atom stereocenters. The molecule has 0 aromatic heterocycles. The van der Waals surface area contributed by atoms with Crippen molar-refractivity contribution in [1.29, 1.82) is 0 Å². The van der Waals surface area contributed by atoms with Gasteiger partial charge in [-0.25, -0.2) is 0 Å². The van der Waals surface area contributed by atoms with Crippen LogP contribution in [0.5, 0.6) is 0 Å². The molecule has 0 radical (unpaired) electrons. The average molecular weight is 709 g/mol. The van der Waals surface area contributed by atoms with E-state index >= 15 is 0 Å². The van der Waals surface area contributed by atoms with Crippen LogP contribution >= 0.6 is 0 Å². The first-order valence-corrected chi connectivity index (χ1v) is 19.4. The van der Waals surface area contributed by atoms with E-state index in [1.54, 1.807) is 6.92 Å². The number of ether oxygens (including phenoxy) is 6. The van der Waals surface area contributed by atoms with E-state index in [0.29, 0.717) is 48.3 Å². The predicted molar refractivity (Wildman–Crippen MR) is 177 cm³/mol. The topological polar surface area (TPSA) is 177 Å². The van der Waals surface area contributed by atoms with Crippen molar-refractivity contribution in [2.45, 2.75) is 165 Å². The molecule has 8 aliphatic rings. The first-order valence-electron chi connectivity index (χ1n) is 19.4. The summed E-state index contributed by atoms with van der Waals surface area (Å²) < 4.78 is 38.0. The Morgan fingerprint density at radius 1 is 0.820 bits per heavy atom. The fourth-order valence-electron chi connectivity index (χ4n) is 12.4. The molecule has 6 N–H and O–H groups in total. The Morgan fingerprint density at radius 2 is 1.60 bits per heavy atom. The van der Waals surface area contributed by atoms with Crippen LogP contribution in [0.15, 0.2) is 11.6 Å². The maximum atomic E-state index is 11.1. The summed E-state index contributed by atoms with van der Waals surface area (Å²) in [4.78, 5) is 0. The fraction of sp³-hybridized carbons (Fsp3) is 0.947. The second kappa shape index (κ2) is 12.9. The summed E-state index contributed by atoms with van der Waals surface area (Å²) in [5.41, 5.74) is 0.917. The summed E-state index contributed by atoms with van der Waals surface area (Å²) in [6.07, 6.45) is -3.26. The lowest BCUT2D eigenvalue weighted by atomic mass is 9.46. The Bertz CT molecular complexity index is 1290. The Labute approximate surface area is 295 Å². The summed E-state index contributed by atoms with van der Waals surface area (Å²) in [6.45, 7) is 11.5. The molecule has 17 unspecified atom stereocenters. The van der Waals surface area contributed by atoms with Crippen LogP contribution in [0.2, 0.25) is 0 Å². The summed E-state index contributed by atoms with van der Waals surface area (Å²) in [7, 11) is 0. The van der Waals surface area contributed by atoms with Gasteiger partial charge in [-0.2, -0.15) is 0 Å². The molecule has 0 aromatic carbocycles. The highest BCUT2D eigenvalue weighted by Crippen LogP contribution is 2.71. The number of aliphatic hydroxyl groups excluding tert-OH is 6. The standard InChI is InChI=1S/C38H60O12/c1-17-8-11-38(46-15-17)18(2)28-26(50-38)14-24-22-7-6-20-12-21(39)13-27(37(20,5)23(22)9-10-36(24,28)4)48-35-33(30(42)25(40)16-45-35)49-34-32(44)31(43)29(41)19(3)47-34/h6,17-19,21-35,39-44H,7-16H2,1-5H3/t17?,18?,19?,21?,22?,23?,24?,25?,26?,27?,28?,29-,30-,31?,32?,33?,34-,35-,36?,37?,38?/m0/s1. The van der Waals surface area contributed by atoms with Gasteiger partial charge in [-0.05, 0) is 80.5 Å². The van der Waals surface area contributed by atoms with Gasteiger partial charge in [-0.15, -0.1) is 0 Å². The van der Waals surface area contributed by atoms with E-state index in [-0.39, 0.29) is 18.1 Å². The molecule has 4 aliphatic heterocycles. The molecule has 12 nitrogen and oxygen atoms in total. The van der Waals surface area contributed by atoms with Crippen molar-refractivity contribution in [2.24, 2.45) is 46.3 Å². The molecule has 12 heteroatoms. The van der Waals surface area contributed by atoms with Gasteiger partial charge in [0, 0.05) is 24.2 Å². The van der Waals surface area contributed by atoms with E-state index in [4.69, 9.17) is 28.4 Å². The lowest BCUT2D eigenvalue weighted by Crippen LogP contribution is -2.63. The van der Waals surface area contributed by atoms with Gasteiger partial charge in [0.25, 0.3) is 0 Å². The average Bonchev–Trinajstić information content (AvgIpc) is 3.53. The smallest absolute Gasteiger partial charge is 0.187 e. The SMILES string of the molecule is CC1CCC2(OC1)OC1CC3C4CC=C5CC(O)CC(O[C@@H]6OCC(O)[C@H](O)C6O[C@@H]6OC(C)[C@H](O)C(O)C6O)C5(C)C4CCC3(C)C1C2C. The zero-order chi connectivity index (χ0) is 35.5. The van der Waals surface area contributed by atoms with E-state index in [2.05, 4.69) is 33.8 Å². The molecule has 284 valence electrons. The predicted octanol–water partition coefficient (Wildman–Crippen LogP) is 2.00. The lowest BCUT2D eigenvalue weighted by molar-refractivity contribution is -0.362. The number of aliphatic hydroxyl groups is 6. The number of hydrogen-bond donors (Lipinski definition) is 6. The van der Waals surface area contributed by atoms with Crippen LogP contribution in [-0.4, -0.2) is 123 Å². The van der Waals surface area contributed by atoms with Gasteiger partial charge in [0.1, 0.15) is 36.6 Å². The minimum Gasteiger partial charge on any atom is -0.393 e. The van der Waals surface area contributed by atoms with Gasteiger partial charge in [-0.3, -0.25) is 0 Å². The number of fused-ring (bicyclic) bond motifs is 7. The van der Waals surface area contributed by atoms with Crippen molar-refractivity contribution in [3.63, 3.8) is 0 Å². The largest absolute Gasteiger partial charge is 0.393 e. The molecule has 4 saturated heterocycles. The molecule has 0 bridgehead atoms. The molecule has 3 saturated carbocycles. The van der Waals surface area contributed by atoms with Gasteiger partial charge < -0.3 is 59.1 Å². The Balaban J connectivity index is 1.04. The van der Waals surface area contributed by atoms with Crippen LogP contribution in [0.1, 0.15) is 86.0 Å². The monoisotopic (exact) mass is 708 g/mol. The molecule has 0 aromatic rings. The molecule has 4 aliphatic carbocycles. The van der Waals surface area contributed by atoms with Crippen LogP contribution in [0.25, 0.3) is 0 Å². The third-order valence-corrected chi connectivity index (χ3v) is 15.2. The second-order valence-corrected chi connectivity index (χ2v) is 17.9. The fourth-order valence-corrected chi connectivity index (χ4v) is 12.4. The van der Waals surface area contributed by atoms with E-state index in [9.17, 15) is 30.6 Å². The van der Waals surface area contributed by atoms with Crippen LogP contribution in [0, 0.1) is 46.3 Å². The normalized spacial score (nSPS) is 59.3. The van der Waals surface area contributed by atoms with E-state index < -0.39 is 78.7 Å². The first kappa shape index (κ1) is 36.2. The Morgan fingerprint density at radius 3 is 2.34 bits per heavy atom. The molecule has 7 fully saturated rings. The van der Waals surface area contributed by atoms with Crippen molar-refractivity contribution < 1.29 is 59.1 Å². The van der Waals surface area contributed by atoms with E-state index in [1.807, 2.05) is 0 Å². The van der Waals surface area contributed by atoms with Crippen LogP contribution < -0.4 is 0 Å². The van der Waals surface area contributed by atoms with Crippen molar-refractivity contribution in [3.05, 3.63) is 11.6 Å². The van der Waals surface area contributed by atoms with Crippen LogP contribution in [0.3, 0.4) is 0 Å². The highest BCUT2D eigenvalue weighted by molar-refractivity contribution is 5.28. The Kier molecular flexibility index (Phi) is 9.38. The number of hydrogen-bond acceptors (Lipinski definition) is 12. The third-order valence-electron chi connectivity index (χ3n) is 15.2. The third kappa shape index (κ3) is 5.45. The maximum Gasteiger partial charge on any atom is 0.187 e. The van der Waals surface area contributed by atoms with Crippen LogP contribution in [-0.2, 0) is 28.4 Å². The van der Waals surface area contributed by atoms with Gasteiger partial charge >= 0.3 is 0 Å². The van der Waals surface area contributed by atoms with Crippen molar-refractivity contribution in [1.82, 2.24) is 0 Å². The quantitative estimate of drug-likeness (QED) is 0.235. The van der Waals surface area contributed by atoms with Gasteiger partial charge in [-0.1, -0.05) is 39.3 Å². The van der Waals surface area contributed by atoms with Gasteiger partial charge in [0.15, 0.2) is 18.4 Å². The lowest BCUT2D eigenvalue weighted by Gasteiger charge is -2.60. The Hall–Kier alpha value is -0.740. The molecule has 1 spiro atoms. The second-order valence-electron chi connectivity index (χ2n) is 17.9. The summed E-state index contributed by atoms with van der Waals surface area (Å²) >= 11 is 0. The van der Waals surface area contributed by atoms with Crippen molar-refractivity contribution >= 4 is 0 Å². The minimum absolute atomic E-state index is 0.134. The molecular weight excluding hydrogens is 648 g/mol.